The predicted molar refractivity (Wildman–Crippen MR) is 78.1 cm³/mol. The molecule has 0 atom stereocenters. The molecule has 1 aliphatic carbocycles. The van der Waals surface area contributed by atoms with E-state index in [1.165, 1.54) is 5.56 Å². The Labute approximate surface area is 115 Å². The van der Waals surface area contributed by atoms with Crippen molar-refractivity contribution in [1.29, 1.82) is 0 Å². The quantitative estimate of drug-likeness (QED) is 0.871. The number of nitrogens with one attached hydrogen (secondary N) is 2. The van der Waals surface area contributed by atoms with Crippen molar-refractivity contribution in [2.24, 2.45) is 0 Å². The molecule has 1 amide bonds. The van der Waals surface area contributed by atoms with E-state index in [1.54, 1.807) is 0 Å². The fourth-order valence-electron chi connectivity index (χ4n) is 2.81. The third-order valence-corrected chi connectivity index (χ3v) is 3.95. The zero-order chi connectivity index (χ0) is 13.7. The summed E-state index contributed by atoms with van der Waals surface area (Å²) in [5.74, 6) is 0.151. The Morgan fingerprint density at radius 1 is 1.21 bits per heavy atom. The Kier molecular flexibility index (Phi) is 4.97. The highest BCUT2D eigenvalue weighted by atomic mass is 16.1. The summed E-state index contributed by atoms with van der Waals surface area (Å²) >= 11 is 0. The van der Waals surface area contributed by atoms with E-state index in [0.717, 1.165) is 31.2 Å². The van der Waals surface area contributed by atoms with Gasteiger partial charge in [0.1, 0.15) is 0 Å². The van der Waals surface area contributed by atoms with Crippen LogP contribution in [0.15, 0.2) is 24.3 Å². The van der Waals surface area contributed by atoms with Crippen LogP contribution >= 0.6 is 0 Å². The van der Waals surface area contributed by atoms with Gasteiger partial charge < -0.3 is 10.6 Å². The first-order valence-corrected chi connectivity index (χ1v) is 7.19. The Balaban J connectivity index is 1.79. The van der Waals surface area contributed by atoms with Crippen LogP contribution in [0.4, 0.5) is 0 Å². The van der Waals surface area contributed by atoms with Crippen LogP contribution < -0.4 is 10.6 Å². The molecular weight excluding hydrogens is 236 g/mol. The minimum absolute atomic E-state index is 0.151. The normalized spacial score (nSPS) is 23.1. The summed E-state index contributed by atoms with van der Waals surface area (Å²) in [7, 11) is 2.02. The van der Waals surface area contributed by atoms with Crippen LogP contribution in [0.3, 0.4) is 0 Å². The van der Waals surface area contributed by atoms with Crippen molar-refractivity contribution in [3.63, 3.8) is 0 Å². The van der Waals surface area contributed by atoms with Crippen molar-refractivity contribution in [2.75, 3.05) is 7.05 Å². The van der Waals surface area contributed by atoms with Crippen LogP contribution in [0.25, 0.3) is 0 Å². The Hall–Kier alpha value is -1.35. The first kappa shape index (κ1) is 14.1. The molecule has 1 saturated carbocycles. The Morgan fingerprint density at radius 3 is 2.53 bits per heavy atom. The molecule has 1 aromatic carbocycles. The molecule has 104 valence electrons. The van der Waals surface area contributed by atoms with Gasteiger partial charge in [-0.05, 0) is 45.2 Å². The first-order chi connectivity index (χ1) is 9.17. The Morgan fingerprint density at radius 2 is 1.89 bits per heavy atom. The Bertz CT molecular complexity index is 423. The van der Waals surface area contributed by atoms with Gasteiger partial charge in [0.05, 0.1) is 6.42 Å². The number of carbonyl (C=O) groups is 1. The third-order valence-electron chi connectivity index (χ3n) is 3.95. The van der Waals surface area contributed by atoms with Crippen LogP contribution in [0, 0.1) is 6.92 Å². The second-order valence-electron chi connectivity index (χ2n) is 5.57. The number of aryl methyl sites for hydroxylation is 1. The van der Waals surface area contributed by atoms with Crippen LogP contribution in [-0.4, -0.2) is 25.0 Å². The van der Waals surface area contributed by atoms with Crippen molar-refractivity contribution in [2.45, 2.75) is 51.1 Å². The molecule has 0 aromatic heterocycles. The number of hydrogen-bond acceptors (Lipinski definition) is 2. The number of hydrogen-bond donors (Lipinski definition) is 2. The van der Waals surface area contributed by atoms with Gasteiger partial charge in [-0.2, -0.15) is 0 Å². The fourth-order valence-corrected chi connectivity index (χ4v) is 2.81. The van der Waals surface area contributed by atoms with Crippen LogP contribution in [0.2, 0.25) is 0 Å². The minimum atomic E-state index is 0.151. The van der Waals surface area contributed by atoms with Gasteiger partial charge in [-0.3, -0.25) is 4.79 Å². The van der Waals surface area contributed by atoms with Gasteiger partial charge in [0, 0.05) is 12.1 Å². The summed E-state index contributed by atoms with van der Waals surface area (Å²) in [5.41, 5.74) is 2.31. The maximum Gasteiger partial charge on any atom is 0.224 e. The molecule has 1 fully saturated rings. The molecule has 2 rings (SSSR count). The zero-order valence-corrected chi connectivity index (χ0v) is 11.9. The topological polar surface area (TPSA) is 41.1 Å². The van der Waals surface area contributed by atoms with Gasteiger partial charge in [0.2, 0.25) is 5.91 Å². The maximum atomic E-state index is 12.0. The van der Waals surface area contributed by atoms with Crippen molar-refractivity contribution in [3.05, 3.63) is 35.4 Å². The van der Waals surface area contributed by atoms with E-state index in [-0.39, 0.29) is 5.91 Å². The molecule has 3 nitrogen and oxygen atoms in total. The van der Waals surface area contributed by atoms with E-state index >= 15 is 0 Å². The first-order valence-electron chi connectivity index (χ1n) is 7.19. The standard InChI is InChI=1S/C16H24N2O/c1-12-4-3-5-13(10-12)11-16(19)18-15-8-6-14(17-2)7-9-15/h3-5,10,14-15,17H,6-9,11H2,1-2H3,(H,18,19). The van der Waals surface area contributed by atoms with E-state index in [2.05, 4.69) is 29.7 Å². The fraction of sp³-hybridized carbons (Fsp3) is 0.562. The average molecular weight is 260 g/mol. The molecule has 3 heteroatoms. The lowest BCUT2D eigenvalue weighted by molar-refractivity contribution is -0.121. The van der Waals surface area contributed by atoms with Gasteiger partial charge >= 0.3 is 0 Å². The lowest BCUT2D eigenvalue weighted by Gasteiger charge is -2.28. The summed E-state index contributed by atoms with van der Waals surface area (Å²) < 4.78 is 0. The molecule has 0 spiro atoms. The van der Waals surface area contributed by atoms with Gasteiger partial charge in [0.25, 0.3) is 0 Å². The van der Waals surface area contributed by atoms with Crippen molar-refractivity contribution >= 4 is 5.91 Å². The lowest BCUT2D eigenvalue weighted by Crippen LogP contribution is -2.41. The van der Waals surface area contributed by atoms with Gasteiger partial charge in [-0.25, -0.2) is 0 Å². The predicted octanol–water partition coefficient (Wildman–Crippen LogP) is 2.18. The van der Waals surface area contributed by atoms with E-state index in [9.17, 15) is 4.79 Å². The van der Waals surface area contributed by atoms with Crippen LogP contribution in [0.1, 0.15) is 36.8 Å². The molecule has 2 N–H and O–H groups in total. The molecule has 1 aromatic rings. The van der Waals surface area contributed by atoms with Gasteiger partial charge in [0.15, 0.2) is 0 Å². The van der Waals surface area contributed by atoms with Gasteiger partial charge in [-0.15, -0.1) is 0 Å². The molecule has 1 aliphatic rings. The van der Waals surface area contributed by atoms with Crippen LogP contribution in [-0.2, 0) is 11.2 Å². The maximum absolute atomic E-state index is 12.0. The minimum Gasteiger partial charge on any atom is -0.353 e. The molecule has 0 heterocycles. The summed E-state index contributed by atoms with van der Waals surface area (Å²) in [6, 6.07) is 9.16. The third kappa shape index (κ3) is 4.35. The molecule has 19 heavy (non-hydrogen) atoms. The van der Waals surface area contributed by atoms with Crippen molar-refractivity contribution in [3.8, 4) is 0 Å². The highest BCUT2D eigenvalue weighted by Gasteiger charge is 2.21. The van der Waals surface area contributed by atoms with Crippen molar-refractivity contribution < 1.29 is 4.79 Å². The number of carbonyl (C=O) groups excluding carboxylic acids is 1. The monoisotopic (exact) mass is 260 g/mol. The molecule has 0 saturated heterocycles. The number of rotatable bonds is 4. The van der Waals surface area contributed by atoms with Gasteiger partial charge in [-0.1, -0.05) is 29.8 Å². The molecule has 0 aliphatic heterocycles. The van der Waals surface area contributed by atoms with Crippen LogP contribution in [0.5, 0.6) is 0 Å². The highest BCUT2D eigenvalue weighted by molar-refractivity contribution is 5.78. The zero-order valence-electron chi connectivity index (χ0n) is 11.9. The summed E-state index contributed by atoms with van der Waals surface area (Å²) in [6.07, 6.45) is 4.99. The smallest absolute Gasteiger partial charge is 0.224 e. The second kappa shape index (κ2) is 6.71. The summed E-state index contributed by atoms with van der Waals surface area (Å²) in [5, 5.41) is 6.48. The van der Waals surface area contributed by atoms with E-state index in [0.29, 0.717) is 18.5 Å². The van der Waals surface area contributed by atoms with E-state index < -0.39 is 0 Å². The van der Waals surface area contributed by atoms with Crippen molar-refractivity contribution in [1.82, 2.24) is 10.6 Å². The molecule has 0 bridgehead atoms. The molecular formula is C16H24N2O. The molecule has 0 radical (unpaired) electrons. The summed E-state index contributed by atoms with van der Waals surface area (Å²) in [4.78, 5) is 12.0. The second-order valence-corrected chi connectivity index (χ2v) is 5.57. The highest BCUT2D eigenvalue weighted by Crippen LogP contribution is 2.18. The largest absolute Gasteiger partial charge is 0.353 e. The SMILES string of the molecule is CNC1CCC(NC(=O)Cc2cccc(C)c2)CC1. The van der Waals surface area contributed by atoms with E-state index in [1.807, 2.05) is 19.2 Å². The molecule has 0 unspecified atom stereocenters. The number of amides is 1. The lowest BCUT2D eigenvalue weighted by atomic mass is 9.91. The number of benzene rings is 1. The summed E-state index contributed by atoms with van der Waals surface area (Å²) in [6.45, 7) is 2.06. The average Bonchev–Trinajstić information content (AvgIpc) is 2.39. The van der Waals surface area contributed by atoms with E-state index in [4.69, 9.17) is 0 Å².